The van der Waals surface area contributed by atoms with E-state index in [0.717, 1.165) is 44.5 Å². The van der Waals surface area contributed by atoms with Gasteiger partial charge in [-0.05, 0) is 63.0 Å². The van der Waals surface area contributed by atoms with Crippen molar-refractivity contribution in [3.63, 3.8) is 0 Å². The van der Waals surface area contributed by atoms with Crippen LogP contribution in [0.25, 0.3) is 0 Å². The van der Waals surface area contributed by atoms with Crippen LogP contribution in [0.2, 0.25) is 0 Å². The number of benzene rings is 1. The molecule has 31 heavy (non-hydrogen) atoms. The molecule has 1 saturated heterocycles. The second-order valence-electron chi connectivity index (χ2n) is 8.10. The lowest BCUT2D eigenvalue weighted by Crippen LogP contribution is -2.48. The van der Waals surface area contributed by atoms with Crippen molar-refractivity contribution in [2.45, 2.75) is 43.9 Å². The van der Waals surface area contributed by atoms with Crippen molar-refractivity contribution in [1.29, 1.82) is 5.26 Å². The summed E-state index contributed by atoms with van der Waals surface area (Å²) in [7, 11) is 0. The fraction of sp³-hybridized carbons (Fsp3) is 0.476. The number of hydrogen-bond acceptors (Lipinski definition) is 5. The number of halogens is 3. The van der Waals surface area contributed by atoms with Crippen molar-refractivity contribution >= 4 is 17.4 Å². The fourth-order valence-corrected chi connectivity index (χ4v) is 4.34. The van der Waals surface area contributed by atoms with E-state index in [1.807, 2.05) is 0 Å². The summed E-state index contributed by atoms with van der Waals surface area (Å²) in [4.78, 5) is 14.3. The van der Waals surface area contributed by atoms with Gasteiger partial charge in [-0.3, -0.25) is 9.48 Å². The molecule has 1 aromatic heterocycles. The Balaban J connectivity index is 1.54. The Hall–Kier alpha value is -3.06. The molecule has 1 aromatic carbocycles. The number of carbonyl (C=O) groups is 1. The number of amides is 1. The summed E-state index contributed by atoms with van der Waals surface area (Å²) >= 11 is 0. The maximum Gasteiger partial charge on any atom is 0.416 e. The van der Waals surface area contributed by atoms with Gasteiger partial charge in [-0.15, -0.1) is 0 Å². The number of nitrogens with zero attached hydrogens (tertiary/aromatic N) is 4. The van der Waals surface area contributed by atoms with Crippen molar-refractivity contribution in [2.75, 3.05) is 18.4 Å². The third-order valence-electron chi connectivity index (χ3n) is 6.17. The molecule has 164 valence electrons. The summed E-state index contributed by atoms with van der Waals surface area (Å²) in [6.07, 6.45) is 0.717. The quantitative estimate of drug-likeness (QED) is 0.751. The van der Waals surface area contributed by atoms with Crippen LogP contribution >= 0.6 is 0 Å². The van der Waals surface area contributed by atoms with Crippen LogP contribution in [0.5, 0.6) is 0 Å². The zero-order valence-corrected chi connectivity index (χ0v) is 16.8. The summed E-state index contributed by atoms with van der Waals surface area (Å²) in [6, 6.07) is 7.02. The number of nitrogens with one attached hydrogen (secondary N) is 1. The highest BCUT2D eigenvalue weighted by Crippen LogP contribution is 2.38. The average molecular weight is 432 g/mol. The van der Waals surface area contributed by atoms with Gasteiger partial charge in [-0.1, -0.05) is 0 Å². The molecule has 3 atom stereocenters. The monoisotopic (exact) mass is 432 g/mol. The molecule has 0 bridgehead atoms. The van der Waals surface area contributed by atoms with Gasteiger partial charge < -0.3 is 16.0 Å². The number of nitriles is 1. The number of rotatable bonds is 5. The molecule has 1 aliphatic heterocycles. The van der Waals surface area contributed by atoms with Gasteiger partial charge in [-0.2, -0.15) is 23.5 Å². The number of primary amides is 1. The van der Waals surface area contributed by atoms with E-state index < -0.39 is 17.6 Å². The number of likely N-dealkylation sites (tertiary alicyclic amines) is 1. The summed E-state index contributed by atoms with van der Waals surface area (Å²) < 4.78 is 39.9. The minimum absolute atomic E-state index is 0.126. The van der Waals surface area contributed by atoms with Crippen molar-refractivity contribution in [1.82, 2.24) is 14.7 Å². The second-order valence-corrected chi connectivity index (χ2v) is 8.10. The standard InChI is InChI=1S/C21H23F3N6O/c22-21(23,24)14-2-4-15(5-3-14)27-20-17(19(26)31)12-30(28-20)18-7-6-16(10-13(18)11-25)29-8-1-9-29/h2-5,12-13,16,18H,1,6-10H2,(H2,26,31)(H,27,28)/t13-,16+,18+/m1/s1. The van der Waals surface area contributed by atoms with Gasteiger partial charge in [0, 0.05) is 17.9 Å². The highest BCUT2D eigenvalue weighted by atomic mass is 19.4. The first-order chi connectivity index (χ1) is 14.8. The van der Waals surface area contributed by atoms with Gasteiger partial charge in [0.2, 0.25) is 0 Å². The Kier molecular flexibility index (Phi) is 5.62. The first-order valence-electron chi connectivity index (χ1n) is 10.2. The molecule has 10 heteroatoms. The lowest BCUT2D eigenvalue weighted by Gasteiger charge is -2.43. The predicted octanol–water partition coefficient (Wildman–Crippen LogP) is 3.68. The van der Waals surface area contributed by atoms with Crippen LogP contribution < -0.4 is 11.1 Å². The third-order valence-corrected chi connectivity index (χ3v) is 6.17. The van der Waals surface area contributed by atoms with Gasteiger partial charge in [0.15, 0.2) is 5.82 Å². The van der Waals surface area contributed by atoms with Crippen LogP contribution in [-0.2, 0) is 6.18 Å². The molecule has 1 amide bonds. The molecule has 0 spiro atoms. The highest BCUT2D eigenvalue weighted by Gasteiger charge is 2.37. The number of nitrogens with two attached hydrogens (primary N) is 1. The van der Waals surface area contributed by atoms with Gasteiger partial charge in [0.05, 0.1) is 23.6 Å². The first-order valence-corrected chi connectivity index (χ1v) is 10.2. The number of aromatic nitrogens is 2. The molecule has 1 aliphatic carbocycles. The van der Waals surface area contributed by atoms with E-state index in [2.05, 4.69) is 21.4 Å². The van der Waals surface area contributed by atoms with Crippen molar-refractivity contribution in [3.05, 3.63) is 41.6 Å². The maximum absolute atomic E-state index is 12.8. The summed E-state index contributed by atoms with van der Waals surface area (Å²) in [5, 5.41) is 17.0. The average Bonchev–Trinajstić information content (AvgIpc) is 3.10. The zero-order chi connectivity index (χ0) is 22.2. The van der Waals surface area contributed by atoms with E-state index in [1.165, 1.54) is 24.8 Å². The molecule has 4 rings (SSSR count). The number of carbonyl (C=O) groups excluding carboxylic acids is 1. The molecule has 2 fully saturated rings. The molecule has 2 aromatic rings. The van der Waals surface area contributed by atoms with E-state index in [1.54, 1.807) is 4.68 Å². The third kappa shape index (κ3) is 4.37. The number of hydrogen-bond donors (Lipinski definition) is 2. The van der Waals surface area contributed by atoms with E-state index in [4.69, 9.17) is 5.73 Å². The Labute approximate surface area is 177 Å². The smallest absolute Gasteiger partial charge is 0.365 e. The molecule has 3 N–H and O–H groups in total. The normalized spacial score (nSPS) is 24.3. The predicted molar refractivity (Wildman–Crippen MR) is 107 cm³/mol. The van der Waals surface area contributed by atoms with Crippen LogP contribution in [-0.4, -0.2) is 39.7 Å². The lowest BCUT2D eigenvalue weighted by molar-refractivity contribution is -0.137. The molecule has 2 aliphatic rings. The Morgan fingerprint density at radius 3 is 2.48 bits per heavy atom. The minimum Gasteiger partial charge on any atom is -0.365 e. The van der Waals surface area contributed by atoms with Gasteiger partial charge >= 0.3 is 6.18 Å². The SMILES string of the molecule is N#C[C@H]1C[C@@H](N2CCC2)CC[C@@H]1n1cc(C(N)=O)c(Nc2ccc(C(F)(F)F)cc2)n1. The first kappa shape index (κ1) is 21.2. The Morgan fingerprint density at radius 1 is 1.23 bits per heavy atom. The molecule has 0 radical (unpaired) electrons. The van der Waals surface area contributed by atoms with E-state index in [9.17, 15) is 23.2 Å². The van der Waals surface area contributed by atoms with Crippen LogP contribution in [0.3, 0.4) is 0 Å². The van der Waals surface area contributed by atoms with Crippen molar-refractivity contribution < 1.29 is 18.0 Å². The fourth-order valence-electron chi connectivity index (χ4n) is 4.34. The minimum atomic E-state index is -4.43. The molecule has 1 saturated carbocycles. The molecule has 0 unspecified atom stereocenters. The van der Waals surface area contributed by atoms with Crippen LogP contribution in [0.1, 0.15) is 47.6 Å². The highest BCUT2D eigenvalue weighted by molar-refractivity contribution is 5.98. The number of anilines is 2. The van der Waals surface area contributed by atoms with Crippen molar-refractivity contribution in [3.8, 4) is 6.07 Å². The van der Waals surface area contributed by atoms with E-state index in [-0.39, 0.29) is 23.3 Å². The van der Waals surface area contributed by atoms with Gasteiger partial charge in [-0.25, -0.2) is 0 Å². The van der Waals surface area contributed by atoms with E-state index in [0.29, 0.717) is 11.7 Å². The van der Waals surface area contributed by atoms with Crippen LogP contribution in [0.15, 0.2) is 30.5 Å². The lowest BCUT2D eigenvalue weighted by atomic mass is 9.81. The zero-order valence-electron chi connectivity index (χ0n) is 16.8. The second kappa shape index (κ2) is 8.23. The molecule has 7 nitrogen and oxygen atoms in total. The number of alkyl halides is 3. The van der Waals surface area contributed by atoms with E-state index >= 15 is 0 Å². The van der Waals surface area contributed by atoms with Gasteiger partial charge in [0.1, 0.15) is 5.56 Å². The van der Waals surface area contributed by atoms with Crippen LogP contribution in [0.4, 0.5) is 24.7 Å². The van der Waals surface area contributed by atoms with Gasteiger partial charge in [0.25, 0.3) is 5.91 Å². The maximum atomic E-state index is 12.8. The Bertz CT molecular complexity index is 990. The van der Waals surface area contributed by atoms with Crippen molar-refractivity contribution in [2.24, 2.45) is 11.7 Å². The summed E-state index contributed by atoms with van der Waals surface area (Å²) in [6.45, 7) is 2.14. The molecule has 2 heterocycles. The Morgan fingerprint density at radius 2 is 1.94 bits per heavy atom. The topological polar surface area (TPSA) is 100.0 Å². The largest absolute Gasteiger partial charge is 0.416 e. The molecular formula is C21H23F3N6O. The van der Waals surface area contributed by atoms with Crippen LogP contribution in [0, 0.1) is 17.2 Å². The summed E-state index contributed by atoms with van der Waals surface area (Å²) in [5.41, 5.74) is 5.20. The summed E-state index contributed by atoms with van der Waals surface area (Å²) in [5.74, 6) is -0.795. The molecular weight excluding hydrogens is 409 g/mol.